The summed E-state index contributed by atoms with van der Waals surface area (Å²) in [7, 11) is 3.06. The van der Waals surface area contributed by atoms with Gasteiger partial charge in [0.25, 0.3) is 5.89 Å². The molecule has 10 heteroatoms. The van der Waals surface area contributed by atoms with E-state index < -0.39 is 5.63 Å². The van der Waals surface area contributed by atoms with Crippen molar-refractivity contribution in [3.8, 4) is 34.3 Å². The molecule has 3 aromatic heterocycles. The molecule has 0 unspecified atom stereocenters. The molecule has 10 nitrogen and oxygen atoms in total. The van der Waals surface area contributed by atoms with Gasteiger partial charge in [-0.1, -0.05) is 12.1 Å². The molecule has 0 saturated heterocycles. The van der Waals surface area contributed by atoms with Crippen LogP contribution in [-0.2, 0) is 16.1 Å². The summed E-state index contributed by atoms with van der Waals surface area (Å²) in [5, 5.41) is 4.55. The lowest BCUT2D eigenvalue weighted by Gasteiger charge is -2.08. The van der Waals surface area contributed by atoms with Crippen LogP contribution in [0.25, 0.3) is 33.8 Å². The van der Waals surface area contributed by atoms with Crippen molar-refractivity contribution < 1.29 is 27.9 Å². The Kier molecular flexibility index (Phi) is 6.07. The van der Waals surface area contributed by atoms with Gasteiger partial charge >= 0.3 is 11.6 Å². The van der Waals surface area contributed by atoms with Crippen LogP contribution in [0.2, 0.25) is 0 Å². The Hall–Kier alpha value is -4.21. The Morgan fingerprint density at radius 3 is 2.67 bits per heavy atom. The smallest absolute Gasteiger partial charge is 0.349 e. The summed E-state index contributed by atoms with van der Waals surface area (Å²) in [6, 6.07) is 6.73. The second-order valence-electron chi connectivity index (χ2n) is 7.06. The monoisotopic (exact) mass is 451 g/mol. The van der Waals surface area contributed by atoms with Crippen molar-refractivity contribution in [3.63, 3.8) is 0 Å². The molecule has 1 aromatic carbocycles. The van der Waals surface area contributed by atoms with Gasteiger partial charge in [0.05, 0.1) is 25.5 Å². The quantitative estimate of drug-likeness (QED) is 0.384. The summed E-state index contributed by atoms with van der Waals surface area (Å²) in [6.07, 6.45) is 1.82. The van der Waals surface area contributed by atoms with Gasteiger partial charge in [-0.25, -0.2) is 4.79 Å². The average molecular weight is 451 g/mol. The van der Waals surface area contributed by atoms with Gasteiger partial charge in [0.15, 0.2) is 5.58 Å². The lowest BCUT2D eigenvalue weighted by atomic mass is 10.1. The van der Waals surface area contributed by atoms with Crippen LogP contribution in [-0.4, -0.2) is 35.3 Å². The van der Waals surface area contributed by atoms with E-state index in [0.29, 0.717) is 39.3 Å². The van der Waals surface area contributed by atoms with Crippen molar-refractivity contribution in [2.45, 2.75) is 26.9 Å². The van der Waals surface area contributed by atoms with Gasteiger partial charge in [0.1, 0.15) is 23.7 Å². The molecule has 0 aliphatic carbocycles. The van der Waals surface area contributed by atoms with Crippen LogP contribution >= 0.6 is 0 Å². The Morgan fingerprint density at radius 1 is 1.12 bits per heavy atom. The first kappa shape index (κ1) is 22.0. The lowest BCUT2D eigenvalue weighted by molar-refractivity contribution is -0.144. The third-order valence-electron chi connectivity index (χ3n) is 5.02. The maximum Gasteiger partial charge on any atom is 0.349 e. The molecule has 3 heterocycles. The van der Waals surface area contributed by atoms with E-state index in [1.165, 1.54) is 7.11 Å². The van der Waals surface area contributed by atoms with Crippen molar-refractivity contribution in [1.29, 1.82) is 0 Å². The molecule has 0 N–H and O–H groups in total. The summed E-state index contributed by atoms with van der Waals surface area (Å²) in [5.41, 5.74) is 1.37. The molecule has 33 heavy (non-hydrogen) atoms. The number of aryl methyl sites for hydroxylation is 1. The SMILES string of the molecule is CCC(=O)OCc1cnc(C)c2oc(=O)c(-c3nc(-c4ccc(OC)cc4OC)no3)cc12. The van der Waals surface area contributed by atoms with Crippen LogP contribution in [0.15, 0.2) is 44.2 Å². The van der Waals surface area contributed by atoms with Gasteiger partial charge < -0.3 is 23.2 Å². The highest BCUT2D eigenvalue weighted by atomic mass is 16.5. The number of ether oxygens (including phenoxy) is 3. The fourth-order valence-electron chi connectivity index (χ4n) is 3.23. The van der Waals surface area contributed by atoms with Crippen molar-refractivity contribution in [2.24, 2.45) is 0 Å². The molecule has 0 fully saturated rings. The summed E-state index contributed by atoms with van der Waals surface area (Å²) in [6.45, 7) is 3.41. The van der Waals surface area contributed by atoms with Gasteiger partial charge in [-0.2, -0.15) is 4.98 Å². The van der Waals surface area contributed by atoms with Crippen LogP contribution in [0, 0.1) is 6.92 Å². The Balaban J connectivity index is 1.78. The third kappa shape index (κ3) is 4.27. The molecule has 4 aromatic rings. The number of pyridine rings is 1. The maximum absolute atomic E-state index is 12.7. The van der Waals surface area contributed by atoms with Gasteiger partial charge in [0.2, 0.25) is 5.82 Å². The van der Waals surface area contributed by atoms with Crippen LogP contribution in [0.5, 0.6) is 11.5 Å². The van der Waals surface area contributed by atoms with Crippen molar-refractivity contribution in [2.75, 3.05) is 14.2 Å². The standard InChI is InChI=1S/C23H21N3O7/c1-5-19(27)31-11-13-10-24-12(2)20-16(13)9-17(23(28)32-20)22-25-21(26-33-22)15-7-6-14(29-3)8-18(15)30-4/h6-10H,5,11H2,1-4H3. The molecular formula is C23H21N3O7. The highest BCUT2D eigenvalue weighted by Crippen LogP contribution is 2.33. The molecule has 0 amide bonds. The van der Waals surface area contributed by atoms with Gasteiger partial charge in [-0.15, -0.1) is 0 Å². The number of fused-ring (bicyclic) bond motifs is 1. The minimum atomic E-state index is -0.660. The maximum atomic E-state index is 12.7. The zero-order valence-corrected chi connectivity index (χ0v) is 18.5. The number of nitrogens with zero attached hydrogens (tertiary/aromatic N) is 3. The number of carbonyl (C=O) groups excluding carboxylic acids is 1. The molecule has 0 saturated carbocycles. The van der Waals surface area contributed by atoms with Crippen molar-refractivity contribution >= 4 is 16.9 Å². The van der Waals surface area contributed by atoms with E-state index in [2.05, 4.69) is 15.1 Å². The molecule has 0 aliphatic heterocycles. The van der Waals surface area contributed by atoms with E-state index in [0.717, 1.165) is 0 Å². The summed E-state index contributed by atoms with van der Waals surface area (Å²) >= 11 is 0. The fourth-order valence-corrected chi connectivity index (χ4v) is 3.23. The molecule has 0 radical (unpaired) electrons. The zero-order valence-electron chi connectivity index (χ0n) is 18.5. The van der Waals surface area contributed by atoms with E-state index in [1.807, 2.05) is 0 Å². The second kappa shape index (κ2) is 9.11. The van der Waals surface area contributed by atoms with Crippen molar-refractivity contribution in [3.05, 3.63) is 52.1 Å². The summed E-state index contributed by atoms with van der Waals surface area (Å²) < 4.78 is 26.7. The molecule has 0 atom stereocenters. The van der Waals surface area contributed by atoms with E-state index in [4.69, 9.17) is 23.2 Å². The Bertz CT molecular complexity index is 1390. The number of benzene rings is 1. The first-order valence-corrected chi connectivity index (χ1v) is 10.1. The molecule has 170 valence electrons. The summed E-state index contributed by atoms with van der Waals surface area (Å²) in [4.78, 5) is 32.9. The summed E-state index contributed by atoms with van der Waals surface area (Å²) in [5.74, 6) is 0.941. The number of methoxy groups -OCH3 is 2. The topological polar surface area (TPSA) is 127 Å². The number of rotatable bonds is 7. The molecule has 0 bridgehead atoms. The third-order valence-corrected chi connectivity index (χ3v) is 5.02. The number of aromatic nitrogens is 3. The van der Waals surface area contributed by atoms with Crippen LogP contribution < -0.4 is 15.1 Å². The van der Waals surface area contributed by atoms with E-state index in [-0.39, 0.29) is 36.3 Å². The Labute approximate surface area is 188 Å². The van der Waals surface area contributed by atoms with Crippen LogP contribution in [0.1, 0.15) is 24.6 Å². The highest BCUT2D eigenvalue weighted by molar-refractivity contribution is 5.85. The lowest BCUT2D eigenvalue weighted by Crippen LogP contribution is -2.07. The zero-order chi connectivity index (χ0) is 23.5. The van der Waals surface area contributed by atoms with E-state index >= 15 is 0 Å². The predicted octanol–water partition coefficient (Wildman–Crippen LogP) is 3.68. The van der Waals surface area contributed by atoms with Gasteiger partial charge in [0, 0.05) is 29.6 Å². The average Bonchev–Trinajstić information content (AvgIpc) is 3.32. The number of carbonyl (C=O) groups is 1. The molecule has 4 rings (SSSR count). The van der Waals surface area contributed by atoms with Gasteiger partial charge in [-0.3, -0.25) is 9.78 Å². The molecule has 0 spiro atoms. The minimum Gasteiger partial charge on any atom is -0.497 e. The predicted molar refractivity (Wildman–Crippen MR) is 117 cm³/mol. The van der Waals surface area contributed by atoms with Crippen LogP contribution in [0.4, 0.5) is 0 Å². The minimum absolute atomic E-state index is 0.0122. The first-order valence-electron chi connectivity index (χ1n) is 10.1. The number of hydrogen-bond donors (Lipinski definition) is 0. The van der Waals surface area contributed by atoms with Crippen molar-refractivity contribution in [1.82, 2.24) is 15.1 Å². The number of esters is 1. The largest absolute Gasteiger partial charge is 0.497 e. The number of hydrogen-bond acceptors (Lipinski definition) is 10. The normalized spacial score (nSPS) is 10.9. The first-order chi connectivity index (χ1) is 15.9. The highest BCUT2D eigenvalue weighted by Gasteiger charge is 2.20. The molecule has 0 aliphatic rings. The van der Waals surface area contributed by atoms with Gasteiger partial charge in [-0.05, 0) is 25.1 Å². The fraction of sp³-hybridized carbons (Fsp3) is 0.261. The van der Waals surface area contributed by atoms with Crippen LogP contribution in [0.3, 0.4) is 0 Å². The van der Waals surface area contributed by atoms with E-state index in [1.54, 1.807) is 51.4 Å². The molecular weight excluding hydrogens is 430 g/mol. The second-order valence-corrected chi connectivity index (χ2v) is 7.06. The van der Waals surface area contributed by atoms with E-state index in [9.17, 15) is 9.59 Å². The Morgan fingerprint density at radius 2 is 1.94 bits per heavy atom.